The maximum Gasteiger partial charge on any atom is 0.364 e. The Morgan fingerprint density at radius 1 is 1.32 bits per heavy atom. The van der Waals surface area contributed by atoms with Gasteiger partial charge in [-0.25, -0.2) is 4.79 Å². The minimum atomic E-state index is -2.07. The Balaban J connectivity index is 5.06. The molecule has 0 atom stereocenters. The van der Waals surface area contributed by atoms with E-state index in [9.17, 15) is 4.79 Å². The van der Waals surface area contributed by atoms with Crippen molar-refractivity contribution in [1.29, 1.82) is 0 Å². The van der Waals surface area contributed by atoms with Crippen molar-refractivity contribution in [2.45, 2.75) is 45.8 Å². The second-order valence-corrected chi connectivity index (χ2v) is 10.4. The average Bonchev–Trinajstić information content (AvgIpc) is 2.23. The van der Waals surface area contributed by atoms with E-state index in [1.807, 2.05) is 0 Å². The molecule has 0 amide bonds. The van der Waals surface area contributed by atoms with Gasteiger partial charge in [0.25, 0.3) is 8.32 Å². The van der Waals surface area contributed by atoms with Crippen molar-refractivity contribution in [2.75, 3.05) is 13.7 Å². The van der Waals surface area contributed by atoms with Crippen molar-refractivity contribution in [3.05, 3.63) is 12.3 Å². The molecule has 0 bridgehead atoms. The Kier molecular flexibility index (Phi) is 6.28. The first-order chi connectivity index (χ1) is 8.56. The van der Waals surface area contributed by atoms with Crippen LogP contribution in [0.25, 0.3) is 0 Å². The molecule has 0 N–H and O–H groups in total. The zero-order chi connectivity index (χ0) is 15.3. The smallest absolute Gasteiger partial charge is 0.364 e. The third-order valence-electron chi connectivity index (χ3n) is 3.10. The quantitative estimate of drug-likeness (QED) is 0.248. The van der Waals surface area contributed by atoms with Gasteiger partial charge in [0.2, 0.25) is 5.71 Å². The molecule has 6 heteroatoms. The first kappa shape index (κ1) is 17.7. The van der Waals surface area contributed by atoms with Gasteiger partial charge in [-0.15, -0.1) is 0 Å². The van der Waals surface area contributed by atoms with E-state index in [0.717, 1.165) is 0 Å². The largest absolute Gasteiger partial charge is 0.542 e. The highest BCUT2D eigenvalue weighted by Gasteiger charge is 2.40. The first-order valence-corrected chi connectivity index (χ1v) is 9.14. The van der Waals surface area contributed by atoms with Gasteiger partial charge >= 0.3 is 5.97 Å². The summed E-state index contributed by atoms with van der Waals surface area (Å²) in [7, 11) is -0.712. The minimum absolute atomic E-state index is 0.00276. The van der Waals surface area contributed by atoms with Crippen LogP contribution in [0.4, 0.5) is 0 Å². The molecule has 110 valence electrons. The SMILES string of the molecule is C=C(O[Si](C)(C)C(C)(C)C)C(=NOC)C(=O)OCC. The summed E-state index contributed by atoms with van der Waals surface area (Å²) in [6.07, 6.45) is 0. The molecule has 0 unspecified atom stereocenters. The van der Waals surface area contributed by atoms with Crippen LogP contribution in [0.15, 0.2) is 17.5 Å². The Morgan fingerprint density at radius 2 is 1.84 bits per heavy atom. The van der Waals surface area contributed by atoms with Crippen LogP contribution in [0.3, 0.4) is 0 Å². The number of nitrogens with zero attached hydrogens (tertiary/aromatic N) is 1. The van der Waals surface area contributed by atoms with Gasteiger partial charge in [-0.05, 0) is 25.1 Å². The molecule has 0 aromatic heterocycles. The predicted molar refractivity (Wildman–Crippen MR) is 78.5 cm³/mol. The van der Waals surface area contributed by atoms with Crippen molar-refractivity contribution in [3.8, 4) is 0 Å². The second kappa shape index (κ2) is 6.74. The molecule has 0 heterocycles. The Morgan fingerprint density at radius 3 is 2.21 bits per heavy atom. The molecule has 0 saturated carbocycles. The van der Waals surface area contributed by atoms with Crippen molar-refractivity contribution in [3.63, 3.8) is 0 Å². The summed E-state index contributed by atoms with van der Waals surface area (Å²) in [5, 5.41) is 3.65. The van der Waals surface area contributed by atoms with E-state index in [-0.39, 0.29) is 23.1 Å². The number of ether oxygens (including phenoxy) is 1. The third kappa shape index (κ3) is 5.06. The van der Waals surface area contributed by atoms with Crippen LogP contribution < -0.4 is 0 Å². The summed E-state index contributed by atoms with van der Waals surface area (Å²) in [4.78, 5) is 16.4. The van der Waals surface area contributed by atoms with Crippen LogP contribution in [-0.2, 0) is 18.8 Å². The van der Waals surface area contributed by atoms with Gasteiger partial charge in [0, 0.05) is 0 Å². The maximum absolute atomic E-state index is 11.8. The van der Waals surface area contributed by atoms with Crippen molar-refractivity contribution >= 4 is 20.0 Å². The molecule has 0 aliphatic rings. The topological polar surface area (TPSA) is 57.1 Å². The number of oxime groups is 1. The number of hydrogen-bond acceptors (Lipinski definition) is 5. The van der Waals surface area contributed by atoms with Crippen LogP contribution in [0.2, 0.25) is 18.1 Å². The first-order valence-electron chi connectivity index (χ1n) is 6.23. The molecule has 0 fully saturated rings. The molecule has 0 aromatic rings. The lowest BCUT2D eigenvalue weighted by Crippen LogP contribution is -2.42. The Hall–Kier alpha value is -1.30. The maximum atomic E-state index is 11.8. The van der Waals surface area contributed by atoms with E-state index in [1.165, 1.54) is 7.11 Å². The van der Waals surface area contributed by atoms with E-state index in [1.54, 1.807) is 6.92 Å². The van der Waals surface area contributed by atoms with E-state index in [0.29, 0.717) is 0 Å². The summed E-state index contributed by atoms with van der Waals surface area (Å²) >= 11 is 0. The van der Waals surface area contributed by atoms with E-state index in [2.05, 4.69) is 50.4 Å². The fraction of sp³-hybridized carbons (Fsp3) is 0.692. The van der Waals surface area contributed by atoms with Crippen molar-refractivity contribution in [1.82, 2.24) is 0 Å². The number of esters is 1. The van der Waals surface area contributed by atoms with Crippen LogP contribution in [0.5, 0.6) is 0 Å². The van der Waals surface area contributed by atoms with Gasteiger partial charge in [0.1, 0.15) is 12.9 Å². The molecule has 0 rings (SSSR count). The average molecular weight is 287 g/mol. The lowest BCUT2D eigenvalue weighted by Gasteiger charge is -2.36. The molecule has 0 aliphatic heterocycles. The van der Waals surface area contributed by atoms with Crippen LogP contribution >= 0.6 is 0 Å². The molecular weight excluding hydrogens is 262 g/mol. The fourth-order valence-corrected chi connectivity index (χ4v) is 2.02. The summed E-state index contributed by atoms with van der Waals surface area (Å²) in [6.45, 7) is 16.2. The number of carbonyl (C=O) groups is 1. The lowest BCUT2D eigenvalue weighted by atomic mass is 10.2. The molecule has 19 heavy (non-hydrogen) atoms. The van der Waals surface area contributed by atoms with E-state index in [4.69, 9.17) is 9.16 Å². The standard InChI is InChI=1S/C13H25NO4Si/c1-9-17-12(15)11(14-16-6)10(2)18-19(7,8)13(3,4)5/h2,9H2,1,3-8H3. The minimum Gasteiger partial charge on any atom is -0.542 e. The number of carbonyl (C=O) groups excluding carboxylic acids is 1. The van der Waals surface area contributed by atoms with Gasteiger partial charge in [-0.3, -0.25) is 0 Å². The van der Waals surface area contributed by atoms with Gasteiger partial charge in [-0.1, -0.05) is 32.5 Å². The summed E-state index contributed by atoms with van der Waals surface area (Å²) in [6, 6.07) is 0. The zero-order valence-electron chi connectivity index (χ0n) is 13.0. The van der Waals surface area contributed by atoms with Gasteiger partial charge < -0.3 is 14.0 Å². The van der Waals surface area contributed by atoms with Crippen LogP contribution in [0.1, 0.15) is 27.7 Å². The monoisotopic (exact) mass is 287 g/mol. The highest BCUT2D eigenvalue weighted by atomic mass is 28.4. The normalized spacial score (nSPS) is 12.9. The summed E-state index contributed by atoms with van der Waals surface area (Å²) in [5.74, 6) is -0.389. The lowest BCUT2D eigenvalue weighted by molar-refractivity contribution is -0.135. The second-order valence-electron chi connectivity index (χ2n) is 5.63. The Bertz CT molecular complexity index is 369. The number of rotatable bonds is 6. The third-order valence-corrected chi connectivity index (χ3v) is 7.47. The summed E-state index contributed by atoms with van der Waals surface area (Å²) in [5.41, 5.74) is -0.0193. The highest BCUT2D eigenvalue weighted by Crippen LogP contribution is 2.37. The van der Waals surface area contributed by atoms with Crippen LogP contribution in [0, 0.1) is 0 Å². The molecule has 0 saturated heterocycles. The van der Waals surface area contributed by atoms with Gasteiger partial charge in [0.15, 0.2) is 0 Å². The van der Waals surface area contributed by atoms with Gasteiger partial charge in [0.05, 0.1) is 6.61 Å². The van der Waals surface area contributed by atoms with E-state index < -0.39 is 14.3 Å². The summed E-state index contributed by atoms with van der Waals surface area (Å²) < 4.78 is 10.8. The fourth-order valence-electron chi connectivity index (χ4n) is 1.00. The van der Waals surface area contributed by atoms with Crippen molar-refractivity contribution in [2.24, 2.45) is 5.16 Å². The predicted octanol–water partition coefficient (Wildman–Crippen LogP) is 3.09. The number of hydrogen-bond donors (Lipinski definition) is 0. The van der Waals surface area contributed by atoms with Crippen LogP contribution in [-0.4, -0.2) is 33.7 Å². The van der Waals surface area contributed by atoms with Gasteiger partial charge in [-0.2, -0.15) is 0 Å². The molecule has 5 nitrogen and oxygen atoms in total. The zero-order valence-corrected chi connectivity index (χ0v) is 14.0. The van der Waals surface area contributed by atoms with E-state index >= 15 is 0 Å². The molecule has 0 aromatic carbocycles. The molecule has 0 aliphatic carbocycles. The highest BCUT2D eigenvalue weighted by molar-refractivity contribution is 6.74. The molecule has 0 radical (unpaired) electrons. The molecule has 0 spiro atoms. The Labute approximate surface area is 116 Å². The molecular formula is C13H25NO4Si. The van der Waals surface area contributed by atoms with Crippen molar-refractivity contribution < 1.29 is 18.8 Å².